The van der Waals surface area contributed by atoms with Crippen LogP contribution in [0.25, 0.3) is 0 Å². The molecule has 1 aliphatic carbocycles. The molecule has 9 heteroatoms. The van der Waals surface area contributed by atoms with Crippen LogP contribution in [0.3, 0.4) is 0 Å². The lowest BCUT2D eigenvalue weighted by Crippen LogP contribution is -2.55. The summed E-state index contributed by atoms with van der Waals surface area (Å²) in [6.45, 7) is 0. The Kier molecular flexibility index (Phi) is 3.79. The first-order chi connectivity index (χ1) is 12.5. The Morgan fingerprint density at radius 1 is 1.27 bits per heavy atom. The minimum absolute atomic E-state index is 0.0888. The number of anilines is 2. The molecule has 1 amide bonds. The molecule has 2 aromatic rings. The first-order valence-electron chi connectivity index (χ1n) is 7.87. The van der Waals surface area contributed by atoms with E-state index in [0.717, 1.165) is 6.42 Å². The molecule has 0 atom stereocenters. The zero-order valence-corrected chi connectivity index (χ0v) is 15.0. The van der Waals surface area contributed by atoms with E-state index in [1.54, 1.807) is 11.0 Å². The van der Waals surface area contributed by atoms with Crippen LogP contribution >= 0.6 is 23.8 Å². The molecule has 0 unspecified atom stereocenters. The number of pyridine rings is 2. The molecule has 2 aliphatic rings. The zero-order chi connectivity index (χ0) is 18.5. The van der Waals surface area contributed by atoms with Crippen molar-refractivity contribution >= 4 is 46.2 Å². The van der Waals surface area contributed by atoms with Crippen LogP contribution in [0.4, 0.5) is 11.4 Å². The molecule has 0 bridgehead atoms. The maximum atomic E-state index is 13.2. The summed E-state index contributed by atoms with van der Waals surface area (Å²) in [6, 6.07) is 6.54. The Bertz CT molecular complexity index is 968. The normalized spacial score (nSPS) is 18.2. The van der Waals surface area contributed by atoms with Gasteiger partial charge in [0.2, 0.25) is 5.88 Å². The number of aromatic nitrogens is 2. The van der Waals surface area contributed by atoms with Crippen LogP contribution in [0.2, 0.25) is 5.02 Å². The van der Waals surface area contributed by atoms with Crippen LogP contribution in [0.15, 0.2) is 30.6 Å². The lowest BCUT2D eigenvalue weighted by atomic mass is 9.75. The van der Waals surface area contributed by atoms with Gasteiger partial charge in [-0.15, -0.1) is 0 Å². The third-order valence-electron chi connectivity index (χ3n) is 4.77. The Labute approximate surface area is 159 Å². The smallest absolute Gasteiger partial charge is 0.259 e. The molecule has 2 fully saturated rings. The highest BCUT2D eigenvalue weighted by Crippen LogP contribution is 2.47. The van der Waals surface area contributed by atoms with Gasteiger partial charge < -0.3 is 10.0 Å². The number of carbonyl (C=O) groups is 1. The lowest BCUT2D eigenvalue weighted by molar-refractivity contribution is -0.123. The second-order valence-corrected chi connectivity index (χ2v) is 6.93. The van der Waals surface area contributed by atoms with Crippen LogP contribution < -0.4 is 9.80 Å². The molecule has 1 spiro atoms. The van der Waals surface area contributed by atoms with Gasteiger partial charge in [-0.2, -0.15) is 5.26 Å². The number of hydrogen-bond acceptors (Lipinski definition) is 6. The van der Waals surface area contributed by atoms with Crippen molar-refractivity contribution < 1.29 is 9.90 Å². The number of rotatable bonds is 2. The van der Waals surface area contributed by atoms with E-state index in [-0.39, 0.29) is 22.5 Å². The Balaban J connectivity index is 1.80. The van der Waals surface area contributed by atoms with E-state index in [1.807, 2.05) is 6.07 Å². The van der Waals surface area contributed by atoms with E-state index in [0.29, 0.717) is 29.3 Å². The standard InChI is InChI=1S/C17H12ClN5O2S/c18-12-6-11(9-20-13(12)7-19)22-15(25)17(4-1-5-17)23(16(22)26)10-2-3-14(24)21-8-10/h2-3,6,8-9H,1,4-5H2,(H,21,24). The van der Waals surface area contributed by atoms with E-state index >= 15 is 0 Å². The van der Waals surface area contributed by atoms with Gasteiger partial charge in [0.05, 0.1) is 28.8 Å². The second-order valence-electron chi connectivity index (χ2n) is 6.15. The Morgan fingerprint density at radius 3 is 2.54 bits per heavy atom. The van der Waals surface area contributed by atoms with Crippen molar-refractivity contribution in [3.63, 3.8) is 0 Å². The fraction of sp³-hybridized carbons (Fsp3) is 0.235. The molecule has 26 heavy (non-hydrogen) atoms. The maximum absolute atomic E-state index is 13.2. The summed E-state index contributed by atoms with van der Waals surface area (Å²) < 4.78 is 0. The van der Waals surface area contributed by atoms with Crippen molar-refractivity contribution in [2.75, 3.05) is 9.80 Å². The van der Waals surface area contributed by atoms with E-state index in [9.17, 15) is 9.90 Å². The topological polar surface area (TPSA) is 93.4 Å². The van der Waals surface area contributed by atoms with Crippen LogP contribution in [-0.2, 0) is 4.79 Å². The summed E-state index contributed by atoms with van der Waals surface area (Å²) in [4.78, 5) is 24.3. The molecule has 0 aromatic carbocycles. The first-order valence-corrected chi connectivity index (χ1v) is 8.66. The van der Waals surface area contributed by atoms with Gasteiger partial charge in [-0.3, -0.25) is 9.69 Å². The number of aromatic hydroxyl groups is 1. The third-order valence-corrected chi connectivity index (χ3v) is 5.43. The van der Waals surface area contributed by atoms with Crippen molar-refractivity contribution in [2.45, 2.75) is 24.8 Å². The molecule has 0 radical (unpaired) electrons. The van der Waals surface area contributed by atoms with E-state index < -0.39 is 5.54 Å². The SMILES string of the molecule is N#Cc1ncc(N2C(=O)C3(CCC3)N(c3ccc(O)nc3)C2=S)cc1Cl. The number of amides is 1. The average molecular weight is 386 g/mol. The molecule has 130 valence electrons. The number of thiocarbonyl (C=S) groups is 1. The summed E-state index contributed by atoms with van der Waals surface area (Å²) in [7, 11) is 0. The highest BCUT2D eigenvalue weighted by atomic mass is 35.5. The molecular formula is C17H12ClN5O2S. The van der Waals surface area contributed by atoms with Crippen LogP contribution in [0.1, 0.15) is 25.0 Å². The number of nitriles is 1. The number of nitrogens with zero attached hydrogens (tertiary/aromatic N) is 5. The van der Waals surface area contributed by atoms with Gasteiger partial charge in [0.25, 0.3) is 5.91 Å². The quantitative estimate of drug-likeness (QED) is 0.794. The molecule has 4 rings (SSSR count). The van der Waals surface area contributed by atoms with Gasteiger partial charge in [0, 0.05) is 6.07 Å². The summed E-state index contributed by atoms with van der Waals surface area (Å²) in [5.41, 5.74) is 0.391. The van der Waals surface area contributed by atoms with Crippen molar-refractivity contribution in [2.24, 2.45) is 0 Å². The third kappa shape index (κ3) is 2.25. The van der Waals surface area contributed by atoms with Gasteiger partial charge in [-0.1, -0.05) is 11.6 Å². The molecule has 3 heterocycles. The van der Waals surface area contributed by atoms with Crippen molar-refractivity contribution in [1.29, 1.82) is 5.26 Å². The lowest BCUT2D eigenvalue weighted by Gasteiger charge is -2.42. The van der Waals surface area contributed by atoms with Gasteiger partial charge in [-0.25, -0.2) is 9.97 Å². The summed E-state index contributed by atoms with van der Waals surface area (Å²) in [5.74, 6) is -0.253. The molecular weight excluding hydrogens is 374 g/mol. The zero-order valence-electron chi connectivity index (χ0n) is 13.4. The van der Waals surface area contributed by atoms with Crippen LogP contribution in [0.5, 0.6) is 5.88 Å². The van der Waals surface area contributed by atoms with Crippen molar-refractivity contribution in [1.82, 2.24) is 9.97 Å². The summed E-state index contributed by atoms with van der Waals surface area (Å²) >= 11 is 11.7. The van der Waals surface area contributed by atoms with Gasteiger partial charge in [0.1, 0.15) is 11.6 Å². The average Bonchev–Trinajstić information content (AvgIpc) is 2.83. The van der Waals surface area contributed by atoms with Gasteiger partial charge in [-0.05, 0) is 43.6 Å². The molecule has 1 saturated carbocycles. The van der Waals surface area contributed by atoms with E-state index in [1.165, 1.54) is 29.4 Å². The number of carbonyl (C=O) groups excluding carboxylic acids is 1. The monoisotopic (exact) mass is 385 g/mol. The summed E-state index contributed by atoms with van der Waals surface area (Å²) in [6.07, 6.45) is 5.15. The van der Waals surface area contributed by atoms with Gasteiger partial charge in [0.15, 0.2) is 10.8 Å². The predicted molar refractivity (Wildman–Crippen MR) is 99.0 cm³/mol. The summed E-state index contributed by atoms with van der Waals surface area (Å²) in [5, 5.41) is 18.9. The van der Waals surface area contributed by atoms with E-state index in [4.69, 9.17) is 29.1 Å². The molecule has 7 nitrogen and oxygen atoms in total. The first kappa shape index (κ1) is 16.7. The largest absolute Gasteiger partial charge is 0.493 e. The van der Waals surface area contributed by atoms with Crippen LogP contribution in [-0.4, -0.2) is 31.6 Å². The molecule has 1 aliphatic heterocycles. The Morgan fingerprint density at radius 2 is 2.00 bits per heavy atom. The van der Waals surface area contributed by atoms with Gasteiger partial charge >= 0.3 is 0 Å². The highest BCUT2D eigenvalue weighted by Gasteiger charge is 2.59. The Hall–Kier alpha value is -2.76. The molecule has 1 N–H and O–H groups in total. The minimum Gasteiger partial charge on any atom is -0.493 e. The molecule has 2 aromatic heterocycles. The second kappa shape index (κ2) is 5.90. The van der Waals surface area contributed by atoms with Crippen LogP contribution in [0, 0.1) is 11.3 Å². The molecule has 1 saturated heterocycles. The fourth-order valence-electron chi connectivity index (χ4n) is 3.35. The maximum Gasteiger partial charge on any atom is 0.259 e. The fourth-order valence-corrected chi connectivity index (χ4v) is 4.02. The van der Waals surface area contributed by atoms with Crippen molar-refractivity contribution in [3.05, 3.63) is 41.3 Å². The highest BCUT2D eigenvalue weighted by molar-refractivity contribution is 7.81. The minimum atomic E-state index is -0.754. The van der Waals surface area contributed by atoms with E-state index in [2.05, 4.69) is 9.97 Å². The van der Waals surface area contributed by atoms with Crippen molar-refractivity contribution in [3.8, 4) is 11.9 Å². The number of hydrogen-bond donors (Lipinski definition) is 1. The number of halogens is 1. The predicted octanol–water partition coefficient (Wildman–Crippen LogP) is 2.77.